The van der Waals surface area contributed by atoms with Crippen molar-refractivity contribution in [2.75, 3.05) is 5.75 Å². The van der Waals surface area contributed by atoms with E-state index in [4.69, 9.17) is 10.2 Å². The number of esters is 1. The van der Waals surface area contributed by atoms with E-state index in [1.807, 2.05) is 0 Å². The molecule has 0 aliphatic heterocycles. The molecule has 0 aliphatic carbocycles. The predicted molar refractivity (Wildman–Crippen MR) is 42.2 cm³/mol. The highest BCUT2D eigenvalue weighted by Gasteiger charge is 2.14. The third-order valence-electron chi connectivity index (χ3n) is 0.981. The largest absolute Gasteiger partial charge is 0.433 e. The molecule has 0 amide bonds. The second-order valence-corrected chi connectivity index (χ2v) is 2.54. The SMILES string of the molecule is CC(O)C(O)OC(=O)CCS. The van der Waals surface area contributed by atoms with Crippen LogP contribution in [-0.2, 0) is 9.53 Å². The predicted octanol–water partition coefficient (Wildman–Crippen LogP) is -0.451. The average Bonchev–Trinajstić information content (AvgIpc) is 1.87. The first-order valence-electron chi connectivity index (χ1n) is 3.24. The minimum Gasteiger partial charge on any atom is -0.433 e. The lowest BCUT2D eigenvalue weighted by molar-refractivity contribution is -0.183. The summed E-state index contributed by atoms with van der Waals surface area (Å²) in [6.45, 7) is 1.33. The van der Waals surface area contributed by atoms with Crippen LogP contribution < -0.4 is 0 Å². The van der Waals surface area contributed by atoms with Gasteiger partial charge in [-0.25, -0.2) is 0 Å². The van der Waals surface area contributed by atoms with Gasteiger partial charge in [-0.05, 0) is 6.92 Å². The molecule has 0 saturated heterocycles. The third kappa shape index (κ3) is 5.06. The quantitative estimate of drug-likeness (QED) is 0.311. The van der Waals surface area contributed by atoms with Crippen molar-refractivity contribution in [3.8, 4) is 0 Å². The Bertz CT molecular complexity index is 126. The Morgan fingerprint density at radius 1 is 1.64 bits per heavy atom. The Morgan fingerprint density at radius 2 is 2.18 bits per heavy atom. The first-order chi connectivity index (χ1) is 5.07. The van der Waals surface area contributed by atoms with Crippen LogP contribution >= 0.6 is 12.6 Å². The minimum atomic E-state index is -1.43. The molecule has 2 unspecified atom stereocenters. The molecule has 0 rings (SSSR count). The minimum absolute atomic E-state index is 0.132. The van der Waals surface area contributed by atoms with Crippen molar-refractivity contribution in [2.24, 2.45) is 0 Å². The molecule has 0 aromatic carbocycles. The van der Waals surface area contributed by atoms with Crippen molar-refractivity contribution in [1.82, 2.24) is 0 Å². The highest BCUT2D eigenvalue weighted by atomic mass is 32.1. The molecule has 2 atom stereocenters. The van der Waals surface area contributed by atoms with Crippen LogP contribution in [0.3, 0.4) is 0 Å². The van der Waals surface area contributed by atoms with Crippen LogP contribution in [-0.4, -0.2) is 34.3 Å². The van der Waals surface area contributed by atoms with Crippen molar-refractivity contribution in [3.63, 3.8) is 0 Å². The fraction of sp³-hybridized carbons (Fsp3) is 0.833. The van der Waals surface area contributed by atoms with Crippen LogP contribution in [0.25, 0.3) is 0 Å². The van der Waals surface area contributed by atoms with E-state index in [0.29, 0.717) is 5.75 Å². The molecule has 0 aromatic rings. The highest BCUT2D eigenvalue weighted by molar-refractivity contribution is 7.80. The number of ether oxygens (including phenoxy) is 1. The van der Waals surface area contributed by atoms with E-state index in [2.05, 4.69) is 17.4 Å². The Kier molecular flexibility index (Phi) is 5.27. The van der Waals surface area contributed by atoms with Gasteiger partial charge in [0.1, 0.15) is 6.10 Å². The summed E-state index contributed by atoms with van der Waals surface area (Å²) in [5.74, 6) is -0.195. The van der Waals surface area contributed by atoms with Crippen molar-refractivity contribution in [1.29, 1.82) is 0 Å². The first-order valence-corrected chi connectivity index (χ1v) is 3.87. The topological polar surface area (TPSA) is 66.8 Å². The molecule has 0 radical (unpaired) electrons. The number of thiol groups is 1. The van der Waals surface area contributed by atoms with Crippen LogP contribution in [0.1, 0.15) is 13.3 Å². The van der Waals surface area contributed by atoms with E-state index in [1.165, 1.54) is 6.92 Å². The van der Waals surface area contributed by atoms with Gasteiger partial charge in [0.25, 0.3) is 0 Å². The van der Waals surface area contributed by atoms with Gasteiger partial charge in [-0.2, -0.15) is 12.6 Å². The second kappa shape index (κ2) is 5.40. The zero-order chi connectivity index (χ0) is 8.85. The van der Waals surface area contributed by atoms with Crippen molar-refractivity contribution in [3.05, 3.63) is 0 Å². The monoisotopic (exact) mass is 180 g/mol. The number of hydrogen-bond donors (Lipinski definition) is 3. The number of aliphatic hydroxyl groups excluding tert-OH is 2. The van der Waals surface area contributed by atoms with Gasteiger partial charge in [-0.3, -0.25) is 4.79 Å². The molecule has 2 N–H and O–H groups in total. The Balaban J connectivity index is 3.57. The molecule has 0 bridgehead atoms. The number of carbonyl (C=O) groups is 1. The Morgan fingerprint density at radius 3 is 2.55 bits per heavy atom. The van der Waals surface area contributed by atoms with Crippen molar-refractivity contribution < 1.29 is 19.7 Å². The molecular formula is C6H12O4S. The van der Waals surface area contributed by atoms with Gasteiger partial charge in [-0.15, -0.1) is 0 Å². The maximum Gasteiger partial charge on any atom is 0.309 e. The molecule has 0 aromatic heterocycles. The van der Waals surface area contributed by atoms with Gasteiger partial charge in [0, 0.05) is 5.75 Å². The summed E-state index contributed by atoms with van der Waals surface area (Å²) < 4.78 is 4.37. The van der Waals surface area contributed by atoms with E-state index >= 15 is 0 Å². The normalized spacial score (nSPS) is 15.6. The van der Waals surface area contributed by atoms with Crippen molar-refractivity contribution in [2.45, 2.75) is 25.7 Å². The number of hydrogen-bond acceptors (Lipinski definition) is 5. The van der Waals surface area contributed by atoms with Gasteiger partial charge in [0.05, 0.1) is 6.42 Å². The van der Waals surface area contributed by atoms with Gasteiger partial charge in [0.15, 0.2) is 0 Å². The maximum absolute atomic E-state index is 10.6. The average molecular weight is 180 g/mol. The molecule has 5 heteroatoms. The summed E-state index contributed by atoms with van der Waals surface area (Å²) >= 11 is 3.79. The van der Waals surface area contributed by atoms with E-state index in [9.17, 15) is 4.79 Å². The van der Waals surface area contributed by atoms with Crippen LogP contribution in [0.15, 0.2) is 0 Å². The fourth-order valence-corrected chi connectivity index (χ4v) is 0.566. The lowest BCUT2D eigenvalue weighted by atomic mass is 10.4. The van der Waals surface area contributed by atoms with Gasteiger partial charge in [0.2, 0.25) is 6.29 Å². The van der Waals surface area contributed by atoms with Gasteiger partial charge < -0.3 is 14.9 Å². The third-order valence-corrected chi connectivity index (χ3v) is 1.20. The zero-order valence-electron chi connectivity index (χ0n) is 6.23. The van der Waals surface area contributed by atoms with Crippen LogP contribution in [0.2, 0.25) is 0 Å². The van der Waals surface area contributed by atoms with Crippen molar-refractivity contribution >= 4 is 18.6 Å². The molecule has 0 fully saturated rings. The Hall–Kier alpha value is -0.260. The lowest BCUT2D eigenvalue weighted by Gasteiger charge is -2.13. The summed E-state index contributed by atoms with van der Waals surface area (Å²) in [7, 11) is 0. The zero-order valence-corrected chi connectivity index (χ0v) is 7.12. The summed E-state index contributed by atoms with van der Waals surface area (Å²) in [6.07, 6.45) is -2.35. The van der Waals surface area contributed by atoms with E-state index in [0.717, 1.165) is 0 Å². The molecule has 0 aliphatic rings. The Labute approximate surface area is 70.6 Å². The van der Waals surface area contributed by atoms with Gasteiger partial charge in [-0.1, -0.05) is 0 Å². The molecule has 4 nitrogen and oxygen atoms in total. The van der Waals surface area contributed by atoms with E-state index in [-0.39, 0.29) is 6.42 Å². The molecule has 0 spiro atoms. The number of aliphatic hydroxyl groups is 2. The lowest BCUT2D eigenvalue weighted by Crippen LogP contribution is -2.28. The molecule has 0 saturated carbocycles. The molecule has 0 heterocycles. The van der Waals surface area contributed by atoms with Crippen LogP contribution in [0.5, 0.6) is 0 Å². The number of carbonyl (C=O) groups excluding carboxylic acids is 1. The smallest absolute Gasteiger partial charge is 0.309 e. The van der Waals surface area contributed by atoms with Gasteiger partial charge >= 0.3 is 5.97 Å². The second-order valence-electron chi connectivity index (χ2n) is 2.09. The van der Waals surface area contributed by atoms with E-state index in [1.54, 1.807) is 0 Å². The summed E-state index contributed by atoms with van der Waals surface area (Å²) in [6, 6.07) is 0. The number of rotatable bonds is 4. The highest BCUT2D eigenvalue weighted by Crippen LogP contribution is 1.97. The summed E-state index contributed by atoms with van der Waals surface area (Å²) in [5, 5.41) is 17.5. The maximum atomic E-state index is 10.6. The standard InChI is InChI=1S/C6H12O4S/c1-4(7)6(9)10-5(8)2-3-11/h4,6-7,9,11H,2-3H2,1H3. The van der Waals surface area contributed by atoms with E-state index < -0.39 is 18.4 Å². The fourth-order valence-electron chi connectivity index (χ4n) is 0.383. The van der Waals surface area contributed by atoms with Crippen LogP contribution in [0.4, 0.5) is 0 Å². The first kappa shape index (κ1) is 10.7. The molecular weight excluding hydrogens is 168 g/mol. The summed E-state index contributed by atoms with van der Waals surface area (Å²) in [5.41, 5.74) is 0. The summed E-state index contributed by atoms with van der Waals surface area (Å²) in [4.78, 5) is 10.6. The molecule has 11 heavy (non-hydrogen) atoms. The van der Waals surface area contributed by atoms with Crippen LogP contribution in [0, 0.1) is 0 Å². The molecule has 66 valence electrons.